The predicted molar refractivity (Wildman–Crippen MR) is 81.9 cm³/mol. The van der Waals surface area contributed by atoms with Crippen LogP contribution in [0.2, 0.25) is 0 Å². The van der Waals surface area contributed by atoms with E-state index in [2.05, 4.69) is 26.6 Å². The molecule has 7 heteroatoms. The summed E-state index contributed by atoms with van der Waals surface area (Å²) in [5, 5.41) is 14.0. The van der Waals surface area contributed by atoms with Gasteiger partial charge in [-0.2, -0.15) is 0 Å². The highest BCUT2D eigenvalue weighted by Crippen LogP contribution is 2.24. The van der Waals surface area contributed by atoms with Crippen molar-refractivity contribution >= 4 is 33.6 Å². The lowest BCUT2D eigenvalue weighted by Crippen LogP contribution is -2.45. The summed E-state index contributed by atoms with van der Waals surface area (Å²) < 4.78 is 13.6. The van der Waals surface area contributed by atoms with E-state index in [9.17, 15) is 14.0 Å². The lowest BCUT2D eigenvalue weighted by atomic mass is 9.99. The molecular weight excluding hydrogens is 343 g/mol. The molecule has 116 valence electrons. The number of aliphatic carboxylic acids is 1. The number of amides is 2. The minimum Gasteiger partial charge on any atom is -0.481 e. The van der Waals surface area contributed by atoms with Gasteiger partial charge in [0.25, 0.3) is 0 Å². The quantitative estimate of drug-likeness (QED) is 0.749. The first-order chi connectivity index (χ1) is 9.60. The fraction of sp³-hybridized carbons (Fsp3) is 0.429. The van der Waals surface area contributed by atoms with Gasteiger partial charge in [-0.15, -0.1) is 0 Å². The van der Waals surface area contributed by atoms with Crippen molar-refractivity contribution in [2.75, 3.05) is 5.32 Å². The molecule has 1 rings (SSSR count). The van der Waals surface area contributed by atoms with Crippen molar-refractivity contribution < 1.29 is 19.1 Å². The topological polar surface area (TPSA) is 78.4 Å². The molecule has 0 aromatic heterocycles. The Morgan fingerprint density at radius 1 is 1.38 bits per heavy atom. The minimum absolute atomic E-state index is 0.0333. The van der Waals surface area contributed by atoms with E-state index < -0.39 is 23.4 Å². The van der Waals surface area contributed by atoms with E-state index in [1.54, 1.807) is 20.8 Å². The summed E-state index contributed by atoms with van der Waals surface area (Å²) in [6.07, 6.45) is 0.274. The number of anilines is 1. The van der Waals surface area contributed by atoms with Crippen LogP contribution in [0.5, 0.6) is 0 Å². The Balaban J connectivity index is 2.69. The van der Waals surface area contributed by atoms with E-state index in [0.29, 0.717) is 17.7 Å². The molecule has 0 bridgehead atoms. The van der Waals surface area contributed by atoms with Gasteiger partial charge < -0.3 is 15.7 Å². The van der Waals surface area contributed by atoms with Crippen LogP contribution in [0.4, 0.5) is 14.9 Å². The maximum absolute atomic E-state index is 13.3. The molecule has 0 unspecified atom stereocenters. The molecule has 0 fully saturated rings. The number of nitrogens with one attached hydrogen (secondary N) is 2. The van der Waals surface area contributed by atoms with E-state index in [4.69, 9.17) is 5.11 Å². The van der Waals surface area contributed by atoms with Crippen LogP contribution in [0.25, 0.3) is 0 Å². The Labute approximate surface area is 131 Å². The van der Waals surface area contributed by atoms with Crippen LogP contribution in [-0.2, 0) is 4.79 Å². The Kier molecular flexibility index (Phi) is 5.71. The zero-order valence-corrected chi connectivity index (χ0v) is 13.7. The van der Waals surface area contributed by atoms with Crippen molar-refractivity contribution in [2.24, 2.45) is 0 Å². The molecule has 0 aliphatic rings. The first-order valence-electron chi connectivity index (χ1n) is 6.37. The Bertz CT molecular complexity index is 561. The predicted octanol–water partition coefficient (Wildman–Crippen LogP) is 3.66. The van der Waals surface area contributed by atoms with Crippen LogP contribution in [0.1, 0.15) is 32.3 Å². The Morgan fingerprint density at radius 3 is 2.57 bits per heavy atom. The highest BCUT2D eigenvalue weighted by Gasteiger charge is 2.22. The molecule has 0 aliphatic carbocycles. The average Bonchev–Trinajstić information content (AvgIpc) is 2.33. The van der Waals surface area contributed by atoms with Gasteiger partial charge in [0.15, 0.2) is 0 Å². The molecule has 0 saturated heterocycles. The van der Waals surface area contributed by atoms with E-state index >= 15 is 0 Å². The van der Waals surface area contributed by atoms with Gasteiger partial charge in [-0.3, -0.25) is 4.79 Å². The zero-order chi connectivity index (χ0) is 16.2. The number of carbonyl (C=O) groups excluding carboxylic acids is 1. The third-order valence-corrected chi connectivity index (χ3v) is 3.54. The number of rotatable bonds is 5. The van der Waals surface area contributed by atoms with Crippen LogP contribution in [-0.4, -0.2) is 22.6 Å². The number of benzene rings is 1. The number of aryl methyl sites for hydroxylation is 1. The first kappa shape index (κ1) is 17.4. The Hall–Kier alpha value is -1.63. The molecule has 0 saturated carbocycles. The van der Waals surface area contributed by atoms with Gasteiger partial charge in [0.1, 0.15) is 5.82 Å². The molecule has 5 nitrogen and oxygen atoms in total. The molecule has 1 aromatic carbocycles. The van der Waals surface area contributed by atoms with Gasteiger partial charge in [0.05, 0.1) is 4.47 Å². The van der Waals surface area contributed by atoms with Gasteiger partial charge >= 0.3 is 12.0 Å². The van der Waals surface area contributed by atoms with Crippen molar-refractivity contribution in [2.45, 2.75) is 39.2 Å². The average molecular weight is 361 g/mol. The summed E-state index contributed by atoms with van der Waals surface area (Å²) in [6, 6.07) is 2.33. The summed E-state index contributed by atoms with van der Waals surface area (Å²) in [5.74, 6) is -1.32. The summed E-state index contributed by atoms with van der Waals surface area (Å²) in [7, 11) is 0. The van der Waals surface area contributed by atoms with Crippen molar-refractivity contribution in [3.8, 4) is 0 Å². The maximum atomic E-state index is 13.3. The van der Waals surface area contributed by atoms with Gasteiger partial charge in [-0.05, 0) is 60.8 Å². The van der Waals surface area contributed by atoms with Crippen LogP contribution < -0.4 is 10.6 Å². The second-order valence-electron chi connectivity index (χ2n) is 5.44. The van der Waals surface area contributed by atoms with Crippen LogP contribution in [0, 0.1) is 12.7 Å². The summed E-state index contributed by atoms with van der Waals surface area (Å²) >= 11 is 3.06. The first-order valence-corrected chi connectivity index (χ1v) is 7.16. The fourth-order valence-corrected chi connectivity index (χ4v) is 2.07. The molecule has 0 spiro atoms. The molecular formula is C14H18BrFN2O3. The molecule has 1 aromatic rings. The van der Waals surface area contributed by atoms with E-state index in [1.807, 2.05) is 0 Å². The molecule has 0 atom stereocenters. The summed E-state index contributed by atoms with van der Waals surface area (Å²) in [6.45, 7) is 5.16. The number of hydrogen-bond acceptors (Lipinski definition) is 2. The monoisotopic (exact) mass is 360 g/mol. The normalized spacial score (nSPS) is 11.1. The Morgan fingerprint density at radius 2 is 2.00 bits per heavy atom. The highest BCUT2D eigenvalue weighted by molar-refractivity contribution is 9.10. The molecule has 2 amide bonds. The molecule has 0 heterocycles. The third kappa shape index (κ3) is 5.71. The molecule has 0 aliphatic heterocycles. The van der Waals surface area contributed by atoms with Crippen LogP contribution >= 0.6 is 15.9 Å². The fourth-order valence-electron chi connectivity index (χ4n) is 1.72. The minimum atomic E-state index is -0.913. The second kappa shape index (κ2) is 6.89. The van der Waals surface area contributed by atoms with E-state index in [1.165, 1.54) is 12.1 Å². The number of urea groups is 1. The summed E-state index contributed by atoms with van der Waals surface area (Å²) in [5.41, 5.74) is 0.414. The lowest BCUT2D eigenvalue weighted by Gasteiger charge is -2.26. The van der Waals surface area contributed by atoms with Gasteiger partial charge in [0, 0.05) is 17.6 Å². The summed E-state index contributed by atoms with van der Waals surface area (Å²) in [4.78, 5) is 22.5. The molecule has 0 radical (unpaired) electrons. The standard InChI is InChI=1S/C14H18BrFN2O3/c1-8-6-10(16)9(15)7-11(8)17-13(21)18-14(2,3)5-4-12(19)20/h6-7H,4-5H2,1-3H3,(H,19,20)(H2,17,18,21). The number of hydrogen-bond donors (Lipinski definition) is 3. The number of carbonyl (C=O) groups is 2. The SMILES string of the molecule is Cc1cc(F)c(Br)cc1NC(=O)NC(C)(C)CCC(=O)O. The maximum Gasteiger partial charge on any atom is 0.319 e. The van der Waals surface area contributed by atoms with Crippen LogP contribution in [0.15, 0.2) is 16.6 Å². The van der Waals surface area contributed by atoms with Crippen molar-refractivity contribution in [3.63, 3.8) is 0 Å². The van der Waals surface area contributed by atoms with Gasteiger partial charge in [0.2, 0.25) is 0 Å². The number of carboxylic acids is 1. The van der Waals surface area contributed by atoms with Crippen molar-refractivity contribution in [3.05, 3.63) is 28.0 Å². The molecule has 3 N–H and O–H groups in total. The van der Waals surface area contributed by atoms with Crippen molar-refractivity contribution in [1.29, 1.82) is 0 Å². The van der Waals surface area contributed by atoms with Crippen LogP contribution in [0.3, 0.4) is 0 Å². The molecule has 21 heavy (non-hydrogen) atoms. The highest BCUT2D eigenvalue weighted by atomic mass is 79.9. The number of carboxylic acid groups (broad SMARTS) is 1. The smallest absolute Gasteiger partial charge is 0.319 e. The van der Waals surface area contributed by atoms with Gasteiger partial charge in [-0.25, -0.2) is 9.18 Å². The second-order valence-corrected chi connectivity index (χ2v) is 6.29. The third-order valence-electron chi connectivity index (χ3n) is 2.93. The largest absolute Gasteiger partial charge is 0.481 e. The van der Waals surface area contributed by atoms with Gasteiger partial charge in [-0.1, -0.05) is 0 Å². The lowest BCUT2D eigenvalue weighted by molar-refractivity contribution is -0.137. The van der Waals surface area contributed by atoms with E-state index in [0.717, 1.165) is 0 Å². The van der Waals surface area contributed by atoms with Crippen molar-refractivity contribution in [1.82, 2.24) is 5.32 Å². The zero-order valence-electron chi connectivity index (χ0n) is 12.1. The number of halogens is 2. The van der Waals surface area contributed by atoms with E-state index in [-0.39, 0.29) is 10.9 Å².